The van der Waals surface area contributed by atoms with Gasteiger partial charge in [0.15, 0.2) is 0 Å². The van der Waals surface area contributed by atoms with E-state index in [1.807, 2.05) is 0 Å². The van der Waals surface area contributed by atoms with Gasteiger partial charge in [-0.25, -0.2) is 9.59 Å². The predicted octanol–water partition coefficient (Wildman–Crippen LogP) is 1.31. The van der Waals surface area contributed by atoms with Crippen molar-refractivity contribution in [2.24, 2.45) is 5.92 Å². The summed E-state index contributed by atoms with van der Waals surface area (Å²) in [5, 5.41) is 0. The van der Waals surface area contributed by atoms with Crippen molar-refractivity contribution in [2.45, 2.75) is 39.2 Å². The van der Waals surface area contributed by atoms with Gasteiger partial charge in [-0.2, -0.15) is 0 Å². The van der Waals surface area contributed by atoms with Crippen LogP contribution in [0.3, 0.4) is 0 Å². The Morgan fingerprint density at radius 2 is 1.50 bits per heavy atom. The van der Waals surface area contributed by atoms with E-state index in [0.717, 1.165) is 0 Å². The average Bonchev–Trinajstić information content (AvgIpc) is 2.46. The molecule has 6 nitrogen and oxygen atoms in total. The van der Waals surface area contributed by atoms with Gasteiger partial charge in [-0.1, -0.05) is 0 Å². The minimum absolute atomic E-state index is 0.191. The van der Waals surface area contributed by atoms with E-state index in [2.05, 4.69) is 0 Å². The number of rotatable bonds is 7. The summed E-state index contributed by atoms with van der Waals surface area (Å²) >= 11 is 0. The highest BCUT2D eigenvalue weighted by atomic mass is 16.6. The Labute approximate surface area is 119 Å². The Kier molecular flexibility index (Phi) is 6.95. The topological polar surface area (TPSA) is 71.1 Å². The zero-order chi connectivity index (χ0) is 15.0. The highest BCUT2D eigenvalue weighted by molar-refractivity contribution is 6.04. The lowest BCUT2D eigenvalue weighted by Crippen LogP contribution is -2.57. The van der Waals surface area contributed by atoms with Crippen LogP contribution in [0.4, 0.5) is 0 Å². The van der Waals surface area contributed by atoms with Crippen LogP contribution in [0, 0.1) is 5.92 Å². The van der Waals surface area contributed by atoms with E-state index in [-0.39, 0.29) is 25.7 Å². The minimum atomic E-state index is -1.66. The molecule has 0 unspecified atom stereocenters. The molecule has 1 fully saturated rings. The molecule has 1 saturated heterocycles. The van der Waals surface area contributed by atoms with Crippen LogP contribution in [0.2, 0.25) is 0 Å². The van der Waals surface area contributed by atoms with E-state index in [9.17, 15) is 9.59 Å². The third-order valence-electron chi connectivity index (χ3n) is 3.33. The molecule has 1 aliphatic rings. The Balaban J connectivity index is 3.09. The third kappa shape index (κ3) is 3.49. The van der Waals surface area contributed by atoms with Gasteiger partial charge in [0.2, 0.25) is 0 Å². The Morgan fingerprint density at radius 1 is 1.00 bits per heavy atom. The molecule has 0 radical (unpaired) electrons. The lowest BCUT2D eigenvalue weighted by Gasteiger charge is -2.37. The fourth-order valence-electron chi connectivity index (χ4n) is 2.46. The molecular weight excluding hydrogens is 264 g/mol. The molecule has 116 valence electrons. The molecule has 0 saturated carbocycles. The molecule has 1 aliphatic heterocycles. The van der Waals surface area contributed by atoms with Crippen LogP contribution in [0.5, 0.6) is 0 Å². The van der Waals surface area contributed by atoms with E-state index in [4.69, 9.17) is 18.9 Å². The fraction of sp³-hybridized carbons (Fsp3) is 0.857. The molecule has 0 bridgehead atoms. The minimum Gasteiger partial charge on any atom is -0.463 e. The zero-order valence-electron chi connectivity index (χ0n) is 12.5. The molecule has 0 amide bonds. The van der Waals surface area contributed by atoms with E-state index in [1.54, 1.807) is 20.8 Å². The van der Waals surface area contributed by atoms with Crippen molar-refractivity contribution in [1.29, 1.82) is 0 Å². The number of carbonyl (C=O) groups excluding carboxylic acids is 2. The quantitative estimate of drug-likeness (QED) is 0.519. The van der Waals surface area contributed by atoms with Gasteiger partial charge in [-0.15, -0.1) is 0 Å². The summed E-state index contributed by atoms with van der Waals surface area (Å²) < 4.78 is 21.0. The Morgan fingerprint density at radius 3 is 1.90 bits per heavy atom. The second-order valence-corrected chi connectivity index (χ2v) is 4.50. The van der Waals surface area contributed by atoms with Crippen LogP contribution in [-0.4, -0.2) is 50.6 Å². The molecule has 0 aromatic rings. The summed E-state index contributed by atoms with van der Waals surface area (Å²) in [4.78, 5) is 24.8. The summed E-state index contributed by atoms with van der Waals surface area (Å²) in [6.45, 7) is 6.75. The maximum Gasteiger partial charge on any atom is 0.350 e. The van der Waals surface area contributed by atoms with Gasteiger partial charge in [0.25, 0.3) is 5.60 Å². The molecule has 0 N–H and O–H groups in total. The lowest BCUT2D eigenvalue weighted by molar-refractivity contribution is -0.202. The molecule has 6 heteroatoms. The number of hydrogen-bond acceptors (Lipinski definition) is 6. The normalized spacial score (nSPS) is 16.8. The SMILES string of the molecule is CCOC(=O)C(OCC)(C(=O)OCC)C1CCOCC1. The van der Waals surface area contributed by atoms with Gasteiger partial charge in [-0.05, 0) is 33.6 Å². The predicted molar refractivity (Wildman–Crippen MR) is 71.2 cm³/mol. The molecule has 1 heterocycles. The first-order valence-corrected chi connectivity index (χ1v) is 7.19. The number of hydrogen-bond donors (Lipinski definition) is 0. The number of esters is 2. The van der Waals surface area contributed by atoms with Gasteiger partial charge in [0, 0.05) is 25.7 Å². The lowest BCUT2D eigenvalue weighted by atomic mass is 9.81. The van der Waals surface area contributed by atoms with Crippen molar-refractivity contribution in [3.63, 3.8) is 0 Å². The second kappa shape index (κ2) is 8.21. The zero-order valence-corrected chi connectivity index (χ0v) is 12.5. The van der Waals surface area contributed by atoms with Gasteiger partial charge in [0.05, 0.1) is 13.2 Å². The molecule has 0 atom stereocenters. The van der Waals surface area contributed by atoms with Crippen LogP contribution >= 0.6 is 0 Å². The molecule has 0 aromatic carbocycles. The van der Waals surface area contributed by atoms with Crippen LogP contribution in [-0.2, 0) is 28.5 Å². The number of carbonyl (C=O) groups is 2. The van der Waals surface area contributed by atoms with Gasteiger partial charge >= 0.3 is 11.9 Å². The first-order chi connectivity index (χ1) is 9.63. The van der Waals surface area contributed by atoms with Gasteiger partial charge in [-0.3, -0.25) is 0 Å². The molecule has 0 spiro atoms. The summed E-state index contributed by atoms with van der Waals surface area (Å²) in [5.74, 6) is -1.60. The maximum atomic E-state index is 12.4. The first kappa shape index (κ1) is 16.9. The molecule has 1 rings (SSSR count). The highest BCUT2D eigenvalue weighted by Gasteiger charge is 2.56. The van der Waals surface area contributed by atoms with E-state index < -0.39 is 17.5 Å². The Hall–Kier alpha value is -1.14. The average molecular weight is 288 g/mol. The van der Waals surface area contributed by atoms with Gasteiger partial charge in [0.1, 0.15) is 0 Å². The first-order valence-electron chi connectivity index (χ1n) is 7.19. The highest BCUT2D eigenvalue weighted by Crippen LogP contribution is 2.33. The van der Waals surface area contributed by atoms with Crippen LogP contribution in [0.15, 0.2) is 0 Å². The largest absolute Gasteiger partial charge is 0.463 e. The molecular formula is C14H24O6. The summed E-state index contributed by atoms with van der Waals surface area (Å²) in [6.07, 6.45) is 1.13. The van der Waals surface area contributed by atoms with Crippen molar-refractivity contribution in [1.82, 2.24) is 0 Å². The molecule has 0 aromatic heterocycles. The summed E-state index contributed by atoms with van der Waals surface area (Å²) in [5.41, 5.74) is -1.66. The summed E-state index contributed by atoms with van der Waals surface area (Å²) in [6, 6.07) is 0. The van der Waals surface area contributed by atoms with E-state index in [1.165, 1.54) is 0 Å². The van der Waals surface area contributed by atoms with E-state index >= 15 is 0 Å². The number of ether oxygens (including phenoxy) is 4. The third-order valence-corrected chi connectivity index (χ3v) is 3.33. The molecule has 0 aliphatic carbocycles. The second-order valence-electron chi connectivity index (χ2n) is 4.50. The van der Waals surface area contributed by atoms with Crippen molar-refractivity contribution in [3.05, 3.63) is 0 Å². The standard InChI is InChI=1S/C14H24O6/c1-4-18-12(15)14(20-6-3,13(16)19-5-2)11-7-9-17-10-8-11/h11H,4-10H2,1-3H3. The van der Waals surface area contributed by atoms with Crippen molar-refractivity contribution in [2.75, 3.05) is 33.0 Å². The summed E-state index contributed by atoms with van der Waals surface area (Å²) in [7, 11) is 0. The maximum absolute atomic E-state index is 12.4. The molecule has 20 heavy (non-hydrogen) atoms. The smallest absolute Gasteiger partial charge is 0.350 e. The van der Waals surface area contributed by atoms with Crippen LogP contribution in [0.25, 0.3) is 0 Å². The van der Waals surface area contributed by atoms with Crippen molar-refractivity contribution in [3.8, 4) is 0 Å². The fourth-order valence-corrected chi connectivity index (χ4v) is 2.46. The van der Waals surface area contributed by atoms with Crippen molar-refractivity contribution >= 4 is 11.9 Å². The Bertz CT molecular complexity index is 304. The van der Waals surface area contributed by atoms with Crippen LogP contribution in [0.1, 0.15) is 33.6 Å². The monoisotopic (exact) mass is 288 g/mol. The van der Waals surface area contributed by atoms with Crippen molar-refractivity contribution < 1.29 is 28.5 Å². The van der Waals surface area contributed by atoms with E-state index in [0.29, 0.717) is 26.1 Å². The van der Waals surface area contributed by atoms with Gasteiger partial charge < -0.3 is 18.9 Å². The van der Waals surface area contributed by atoms with Crippen LogP contribution < -0.4 is 0 Å².